The summed E-state index contributed by atoms with van der Waals surface area (Å²) in [5.41, 5.74) is -0.640. The molecule has 4 aliphatic heterocycles. The summed E-state index contributed by atoms with van der Waals surface area (Å²) >= 11 is 0. The summed E-state index contributed by atoms with van der Waals surface area (Å²) in [5.74, 6) is -1.32. The molecule has 6 heteroatoms. The van der Waals surface area contributed by atoms with Gasteiger partial charge in [0.15, 0.2) is 0 Å². The van der Waals surface area contributed by atoms with Crippen LogP contribution in [0.2, 0.25) is 0 Å². The summed E-state index contributed by atoms with van der Waals surface area (Å²) in [6.45, 7) is 1.87. The Balaban J connectivity index is 1.57. The highest BCUT2D eigenvalue weighted by atomic mass is 16.5. The van der Waals surface area contributed by atoms with E-state index in [1.165, 1.54) is 7.11 Å². The molecule has 21 heavy (non-hydrogen) atoms. The molecule has 3 fully saturated rings. The summed E-state index contributed by atoms with van der Waals surface area (Å²) in [5, 5.41) is 0. The third-order valence-corrected chi connectivity index (χ3v) is 5.10. The molecule has 0 saturated carbocycles. The van der Waals surface area contributed by atoms with Crippen LogP contribution in [0.5, 0.6) is 0 Å². The van der Waals surface area contributed by atoms with Crippen LogP contribution >= 0.6 is 0 Å². The molecule has 5 atom stereocenters. The monoisotopic (exact) mass is 293 g/mol. The Hall–Kier alpha value is -1.40. The van der Waals surface area contributed by atoms with E-state index in [1.807, 2.05) is 12.2 Å². The molecule has 4 heterocycles. The minimum atomic E-state index is -0.640. The van der Waals surface area contributed by atoms with Crippen molar-refractivity contribution in [3.63, 3.8) is 0 Å². The average molecular weight is 293 g/mol. The number of fused-ring (bicyclic) bond motifs is 1. The number of nitrogens with zero attached hydrogens (tertiary/aromatic N) is 1. The molecule has 1 spiro atoms. The van der Waals surface area contributed by atoms with Crippen molar-refractivity contribution in [3.05, 3.63) is 12.2 Å². The third kappa shape index (κ3) is 1.78. The molecular weight excluding hydrogens is 274 g/mol. The molecule has 4 aliphatic rings. The Labute approximate surface area is 123 Å². The van der Waals surface area contributed by atoms with Crippen molar-refractivity contribution in [3.8, 4) is 0 Å². The van der Waals surface area contributed by atoms with Gasteiger partial charge in [-0.25, -0.2) is 0 Å². The van der Waals surface area contributed by atoms with Crippen LogP contribution in [-0.2, 0) is 23.8 Å². The molecule has 114 valence electrons. The van der Waals surface area contributed by atoms with Crippen molar-refractivity contribution in [1.82, 2.24) is 4.90 Å². The van der Waals surface area contributed by atoms with Crippen molar-refractivity contribution in [1.29, 1.82) is 0 Å². The van der Waals surface area contributed by atoms with Crippen LogP contribution in [0.25, 0.3) is 0 Å². The molecular formula is C15H19NO5. The molecule has 6 nitrogen and oxygen atoms in total. The molecule has 0 radical (unpaired) electrons. The number of rotatable bonds is 3. The lowest BCUT2D eigenvalue weighted by Crippen LogP contribution is -2.40. The molecule has 3 saturated heterocycles. The van der Waals surface area contributed by atoms with E-state index in [9.17, 15) is 9.59 Å². The molecule has 0 aromatic heterocycles. The molecule has 0 aliphatic carbocycles. The van der Waals surface area contributed by atoms with Gasteiger partial charge >= 0.3 is 5.97 Å². The van der Waals surface area contributed by atoms with Crippen molar-refractivity contribution in [2.75, 3.05) is 26.8 Å². The zero-order chi connectivity index (χ0) is 14.6. The summed E-state index contributed by atoms with van der Waals surface area (Å²) in [7, 11) is 1.36. The highest BCUT2D eigenvalue weighted by molar-refractivity contribution is 5.91. The van der Waals surface area contributed by atoms with Crippen molar-refractivity contribution >= 4 is 11.9 Å². The first kappa shape index (κ1) is 13.3. The standard InChI is InChI=1S/C15H19NO5/c1-19-14(18)11-10-4-5-15(21-10)8-16(13(17)12(11)15)7-9-3-2-6-20-9/h4-5,9-12H,2-3,6-8H2,1H3/t9?,10-,11?,12-,15?/m1/s1. The van der Waals surface area contributed by atoms with Crippen LogP contribution in [0, 0.1) is 11.8 Å². The maximum absolute atomic E-state index is 12.7. The average Bonchev–Trinajstić information content (AvgIpc) is 3.22. The second-order valence-corrected chi connectivity index (χ2v) is 6.28. The summed E-state index contributed by atoms with van der Waals surface area (Å²) in [6.07, 6.45) is 5.67. The number of hydrogen-bond acceptors (Lipinski definition) is 5. The van der Waals surface area contributed by atoms with Crippen molar-refractivity contribution in [2.45, 2.75) is 30.7 Å². The number of ether oxygens (including phenoxy) is 3. The Morgan fingerprint density at radius 1 is 1.57 bits per heavy atom. The third-order valence-electron chi connectivity index (χ3n) is 5.10. The number of hydrogen-bond donors (Lipinski definition) is 0. The van der Waals surface area contributed by atoms with E-state index in [1.54, 1.807) is 4.90 Å². The topological polar surface area (TPSA) is 65.1 Å². The van der Waals surface area contributed by atoms with Crippen molar-refractivity contribution < 1.29 is 23.8 Å². The van der Waals surface area contributed by atoms with Gasteiger partial charge in [0, 0.05) is 13.2 Å². The van der Waals surface area contributed by atoms with Crippen LogP contribution in [0.15, 0.2) is 12.2 Å². The maximum atomic E-state index is 12.7. The number of carbonyl (C=O) groups is 2. The first-order chi connectivity index (χ1) is 10.1. The predicted molar refractivity (Wildman–Crippen MR) is 71.3 cm³/mol. The van der Waals surface area contributed by atoms with Crippen LogP contribution in [0.3, 0.4) is 0 Å². The van der Waals surface area contributed by atoms with Gasteiger partial charge in [-0.2, -0.15) is 0 Å². The zero-order valence-corrected chi connectivity index (χ0v) is 12.0. The maximum Gasteiger partial charge on any atom is 0.312 e. The van der Waals surface area contributed by atoms with Crippen LogP contribution in [0.1, 0.15) is 12.8 Å². The molecule has 1 amide bonds. The van der Waals surface area contributed by atoms with Gasteiger partial charge in [-0.05, 0) is 12.8 Å². The normalized spacial score (nSPS) is 43.7. The minimum absolute atomic E-state index is 0.00671. The fourth-order valence-corrected chi connectivity index (χ4v) is 4.17. The van der Waals surface area contributed by atoms with Crippen LogP contribution in [-0.4, -0.2) is 61.4 Å². The quantitative estimate of drug-likeness (QED) is 0.546. The van der Waals surface area contributed by atoms with E-state index in [-0.39, 0.29) is 24.1 Å². The van der Waals surface area contributed by atoms with Crippen LogP contribution in [0.4, 0.5) is 0 Å². The number of carbonyl (C=O) groups excluding carboxylic acids is 2. The predicted octanol–water partition coefficient (Wildman–Crippen LogP) is 0.120. The lowest BCUT2D eigenvalue weighted by molar-refractivity contribution is -0.151. The molecule has 0 aromatic rings. The second-order valence-electron chi connectivity index (χ2n) is 6.28. The molecule has 2 bridgehead atoms. The number of methoxy groups -OCH3 is 1. The molecule has 3 unspecified atom stereocenters. The van der Waals surface area contributed by atoms with E-state index in [0.717, 1.165) is 19.4 Å². The number of amides is 1. The van der Waals surface area contributed by atoms with E-state index >= 15 is 0 Å². The van der Waals surface area contributed by atoms with Gasteiger partial charge < -0.3 is 19.1 Å². The zero-order valence-electron chi connectivity index (χ0n) is 12.0. The Morgan fingerprint density at radius 2 is 2.43 bits per heavy atom. The van der Waals surface area contributed by atoms with Gasteiger partial charge in [0.25, 0.3) is 0 Å². The molecule has 0 aromatic carbocycles. The van der Waals surface area contributed by atoms with E-state index < -0.39 is 17.4 Å². The number of esters is 1. The van der Waals surface area contributed by atoms with Gasteiger partial charge in [0.05, 0.1) is 31.8 Å². The fourth-order valence-electron chi connectivity index (χ4n) is 4.17. The highest BCUT2D eigenvalue weighted by Crippen LogP contribution is 2.52. The van der Waals surface area contributed by atoms with Crippen molar-refractivity contribution in [2.24, 2.45) is 11.8 Å². The first-order valence-electron chi connectivity index (χ1n) is 7.50. The molecule has 4 rings (SSSR count). The summed E-state index contributed by atoms with van der Waals surface area (Å²) in [6, 6.07) is 0. The van der Waals surface area contributed by atoms with Crippen LogP contribution < -0.4 is 0 Å². The van der Waals surface area contributed by atoms with E-state index in [2.05, 4.69) is 0 Å². The lowest BCUT2D eigenvalue weighted by Gasteiger charge is -2.23. The summed E-state index contributed by atoms with van der Waals surface area (Å²) in [4.78, 5) is 26.5. The highest BCUT2D eigenvalue weighted by Gasteiger charge is 2.67. The Kier molecular flexibility index (Phi) is 2.87. The summed E-state index contributed by atoms with van der Waals surface area (Å²) < 4.78 is 16.4. The second kappa shape index (κ2) is 4.55. The van der Waals surface area contributed by atoms with Gasteiger partial charge in [-0.3, -0.25) is 9.59 Å². The van der Waals surface area contributed by atoms with E-state index in [0.29, 0.717) is 13.1 Å². The Morgan fingerprint density at radius 3 is 3.14 bits per heavy atom. The molecule has 0 N–H and O–H groups in total. The Bertz CT molecular complexity index is 512. The lowest BCUT2D eigenvalue weighted by atomic mass is 9.77. The fraction of sp³-hybridized carbons (Fsp3) is 0.733. The number of likely N-dealkylation sites (tertiary alicyclic amines) is 1. The smallest absolute Gasteiger partial charge is 0.312 e. The minimum Gasteiger partial charge on any atom is -0.469 e. The van der Waals surface area contributed by atoms with Gasteiger partial charge in [0.2, 0.25) is 5.91 Å². The largest absolute Gasteiger partial charge is 0.469 e. The van der Waals surface area contributed by atoms with Gasteiger partial charge in [-0.1, -0.05) is 12.2 Å². The first-order valence-corrected chi connectivity index (χ1v) is 7.50. The SMILES string of the molecule is COC(=O)C1[C@H]2C=CC3(CN(CC4CCCO4)C(=O)[C@@H]13)O2. The van der Waals surface area contributed by atoms with E-state index in [4.69, 9.17) is 14.2 Å². The van der Waals surface area contributed by atoms with Gasteiger partial charge in [0.1, 0.15) is 11.5 Å². The van der Waals surface area contributed by atoms with Gasteiger partial charge in [-0.15, -0.1) is 0 Å².